The minimum absolute atomic E-state index is 0.0408. The number of carbonyl (C=O) groups is 2. The highest BCUT2D eigenvalue weighted by Gasteiger charge is 2.36. The van der Waals surface area contributed by atoms with Crippen LogP contribution in [0.5, 0.6) is 0 Å². The second-order valence-electron chi connectivity index (χ2n) is 5.40. The molecule has 3 heterocycles. The fourth-order valence-electron chi connectivity index (χ4n) is 2.83. The molecule has 1 N–H and O–H groups in total. The average Bonchev–Trinajstić information content (AvgIpc) is 2.95. The molecule has 1 aromatic rings. The Balaban J connectivity index is 1.59. The number of rotatable bonds is 4. The molecular formula is C14H20N4O2S2. The lowest BCUT2D eigenvalue weighted by Crippen LogP contribution is -2.64. The number of thioether (sulfide) groups is 1. The first-order chi connectivity index (χ1) is 10.7. The summed E-state index contributed by atoms with van der Waals surface area (Å²) in [5, 5.41) is 4.83. The van der Waals surface area contributed by atoms with Crippen LogP contribution in [0.2, 0.25) is 0 Å². The van der Waals surface area contributed by atoms with E-state index in [0.29, 0.717) is 26.1 Å². The van der Waals surface area contributed by atoms with Gasteiger partial charge in [-0.2, -0.15) is 0 Å². The molecule has 2 aliphatic rings. The zero-order valence-corrected chi connectivity index (χ0v) is 14.2. The van der Waals surface area contributed by atoms with E-state index in [1.807, 2.05) is 5.38 Å². The zero-order valence-electron chi connectivity index (χ0n) is 12.6. The van der Waals surface area contributed by atoms with E-state index in [0.717, 1.165) is 28.9 Å². The Hall–Kier alpha value is -1.12. The number of carbonyl (C=O) groups excluding carboxylic acids is 2. The summed E-state index contributed by atoms with van der Waals surface area (Å²) in [5.41, 5.74) is 0.835. The van der Waals surface area contributed by atoms with Crippen LogP contribution in [-0.4, -0.2) is 71.1 Å². The number of amides is 2. The van der Waals surface area contributed by atoms with E-state index in [4.69, 9.17) is 0 Å². The molecule has 1 aromatic heterocycles. The van der Waals surface area contributed by atoms with Gasteiger partial charge in [-0.1, -0.05) is 18.7 Å². The Labute approximate surface area is 138 Å². The number of thiazole rings is 1. The van der Waals surface area contributed by atoms with E-state index in [-0.39, 0.29) is 17.9 Å². The van der Waals surface area contributed by atoms with Crippen molar-refractivity contribution in [2.45, 2.75) is 23.7 Å². The molecule has 1 unspecified atom stereocenters. The lowest BCUT2D eigenvalue weighted by Gasteiger charge is -2.43. The van der Waals surface area contributed by atoms with Crippen molar-refractivity contribution in [1.82, 2.24) is 20.1 Å². The summed E-state index contributed by atoms with van der Waals surface area (Å²) in [5.74, 6) is 1.09. The monoisotopic (exact) mass is 340 g/mol. The fraction of sp³-hybridized carbons (Fsp3) is 0.643. The molecule has 0 aliphatic carbocycles. The molecule has 0 spiro atoms. The number of nitrogens with zero attached hydrogens (tertiary/aromatic N) is 3. The second kappa shape index (κ2) is 6.97. The van der Waals surface area contributed by atoms with Crippen molar-refractivity contribution in [3.8, 4) is 0 Å². The van der Waals surface area contributed by atoms with Crippen molar-refractivity contribution < 1.29 is 9.59 Å². The van der Waals surface area contributed by atoms with E-state index in [9.17, 15) is 9.59 Å². The van der Waals surface area contributed by atoms with E-state index >= 15 is 0 Å². The van der Waals surface area contributed by atoms with E-state index in [1.165, 1.54) is 0 Å². The highest BCUT2D eigenvalue weighted by atomic mass is 32.2. The molecule has 2 amide bonds. The van der Waals surface area contributed by atoms with Gasteiger partial charge in [-0.3, -0.25) is 14.5 Å². The van der Waals surface area contributed by atoms with Crippen molar-refractivity contribution in [3.63, 3.8) is 0 Å². The molecule has 0 saturated carbocycles. The molecule has 8 heteroatoms. The minimum Gasteiger partial charge on any atom is -0.353 e. The Bertz CT molecular complexity index is 563. The van der Waals surface area contributed by atoms with Crippen LogP contribution in [0.4, 0.5) is 0 Å². The molecule has 3 rings (SSSR count). The van der Waals surface area contributed by atoms with Crippen molar-refractivity contribution in [2.24, 2.45) is 0 Å². The van der Waals surface area contributed by atoms with Gasteiger partial charge in [-0.15, -0.1) is 11.3 Å². The topological polar surface area (TPSA) is 65.5 Å². The third kappa shape index (κ3) is 3.44. The minimum atomic E-state index is -0.187. The lowest BCUT2D eigenvalue weighted by atomic mass is 10.1. The first-order valence-corrected chi connectivity index (χ1v) is 9.40. The van der Waals surface area contributed by atoms with Crippen LogP contribution in [0.1, 0.15) is 12.6 Å². The van der Waals surface area contributed by atoms with Crippen LogP contribution >= 0.6 is 23.1 Å². The van der Waals surface area contributed by atoms with E-state index in [2.05, 4.69) is 22.1 Å². The predicted octanol–water partition coefficient (Wildman–Crippen LogP) is 0.440. The molecule has 0 radical (unpaired) electrons. The van der Waals surface area contributed by atoms with Gasteiger partial charge in [-0.05, 0) is 5.75 Å². The zero-order chi connectivity index (χ0) is 15.5. The Morgan fingerprint density at radius 3 is 3.18 bits per heavy atom. The van der Waals surface area contributed by atoms with Crippen LogP contribution in [0.3, 0.4) is 0 Å². The molecule has 0 aromatic carbocycles. The maximum absolute atomic E-state index is 12.4. The summed E-state index contributed by atoms with van der Waals surface area (Å²) < 4.78 is 1.02. The number of aromatic nitrogens is 1. The first kappa shape index (κ1) is 15.8. The van der Waals surface area contributed by atoms with Crippen LogP contribution in [0.25, 0.3) is 0 Å². The van der Waals surface area contributed by atoms with Crippen molar-refractivity contribution in [2.75, 3.05) is 38.5 Å². The molecule has 120 valence electrons. The molecule has 22 heavy (non-hydrogen) atoms. The smallest absolute Gasteiger partial charge is 0.239 e. The highest BCUT2D eigenvalue weighted by molar-refractivity contribution is 8.00. The molecule has 2 aliphatic heterocycles. The van der Waals surface area contributed by atoms with Crippen LogP contribution in [0.15, 0.2) is 9.72 Å². The molecule has 2 saturated heterocycles. The molecular weight excluding hydrogens is 320 g/mol. The number of hydrogen-bond donors (Lipinski definition) is 1. The Morgan fingerprint density at radius 2 is 2.36 bits per heavy atom. The largest absolute Gasteiger partial charge is 0.353 e. The highest BCUT2D eigenvalue weighted by Crippen LogP contribution is 2.23. The fourth-order valence-corrected chi connectivity index (χ4v) is 4.57. The van der Waals surface area contributed by atoms with Gasteiger partial charge >= 0.3 is 0 Å². The van der Waals surface area contributed by atoms with Gasteiger partial charge in [0.05, 0.1) is 12.1 Å². The summed E-state index contributed by atoms with van der Waals surface area (Å²) in [6.45, 7) is 5.64. The van der Waals surface area contributed by atoms with Gasteiger partial charge in [0.15, 0.2) is 0 Å². The molecule has 2 fully saturated rings. The quantitative estimate of drug-likeness (QED) is 0.806. The number of fused-ring (bicyclic) bond motifs is 1. The van der Waals surface area contributed by atoms with Crippen molar-refractivity contribution in [1.29, 1.82) is 0 Å². The van der Waals surface area contributed by atoms with Crippen molar-refractivity contribution in [3.05, 3.63) is 11.1 Å². The summed E-state index contributed by atoms with van der Waals surface area (Å²) in [6.07, 6.45) is 0.328. The summed E-state index contributed by atoms with van der Waals surface area (Å²) >= 11 is 3.29. The van der Waals surface area contributed by atoms with E-state index < -0.39 is 0 Å². The standard InChI is InChI=1S/C14H20N4O2S2/c1-2-21-14-16-10(9-22-14)7-12(19)18-6-5-17-4-3-15-13(20)11(17)8-18/h9,11H,2-8H2,1H3,(H,15,20). The summed E-state index contributed by atoms with van der Waals surface area (Å²) in [4.78, 5) is 32.8. The predicted molar refractivity (Wildman–Crippen MR) is 87.2 cm³/mol. The van der Waals surface area contributed by atoms with Gasteiger partial charge < -0.3 is 10.2 Å². The van der Waals surface area contributed by atoms with Crippen LogP contribution in [0, 0.1) is 0 Å². The average molecular weight is 340 g/mol. The molecule has 1 atom stereocenters. The normalized spacial score (nSPS) is 22.3. The second-order valence-corrected chi connectivity index (χ2v) is 7.77. The van der Waals surface area contributed by atoms with Gasteiger partial charge in [0.25, 0.3) is 0 Å². The van der Waals surface area contributed by atoms with Gasteiger partial charge in [0, 0.05) is 38.1 Å². The first-order valence-electron chi connectivity index (χ1n) is 7.54. The maximum atomic E-state index is 12.4. The number of piperazine rings is 2. The van der Waals surface area contributed by atoms with Crippen molar-refractivity contribution >= 4 is 34.9 Å². The molecule has 6 nitrogen and oxygen atoms in total. The number of hydrogen-bond acceptors (Lipinski definition) is 6. The third-order valence-electron chi connectivity index (χ3n) is 3.98. The van der Waals surface area contributed by atoms with Gasteiger partial charge in [-0.25, -0.2) is 4.98 Å². The maximum Gasteiger partial charge on any atom is 0.239 e. The Kier molecular flexibility index (Phi) is 5.00. The lowest BCUT2D eigenvalue weighted by molar-refractivity contribution is -0.139. The summed E-state index contributed by atoms with van der Waals surface area (Å²) in [6, 6.07) is -0.187. The van der Waals surface area contributed by atoms with E-state index in [1.54, 1.807) is 28.0 Å². The SMILES string of the molecule is CCSc1nc(CC(=O)N2CCN3CCNC(=O)C3C2)cs1. The number of nitrogens with one attached hydrogen (secondary N) is 1. The Morgan fingerprint density at radius 1 is 1.50 bits per heavy atom. The summed E-state index contributed by atoms with van der Waals surface area (Å²) in [7, 11) is 0. The van der Waals surface area contributed by atoms with Crippen LogP contribution < -0.4 is 5.32 Å². The van der Waals surface area contributed by atoms with Gasteiger partial charge in [0.2, 0.25) is 11.8 Å². The van der Waals surface area contributed by atoms with Crippen LogP contribution in [-0.2, 0) is 16.0 Å². The third-order valence-corrected chi connectivity index (χ3v) is 5.93. The molecule has 0 bridgehead atoms. The van der Waals surface area contributed by atoms with Gasteiger partial charge in [0.1, 0.15) is 10.4 Å².